The number of carbonyl (C=O) groups excluding carboxylic acids is 2. The normalized spacial score (nSPS) is 19.1. The van der Waals surface area contributed by atoms with E-state index in [2.05, 4.69) is 0 Å². The molecule has 0 spiro atoms. The molecule has 4 rings (SSSR count). The lowest BCUT2D eigenvalue weighted by Crippen LogP contribution is -2.39. The highest BCUT2D eigenvalue weighted by Gasteiger charge is 2.35. The number of aromatic hydroxyl groups is 1. The number of nitrogens with zero attached hydrogens (tertiary/aromatic N) is 2. The molecule has 1 N–H and O–H groups in total. The Morgan fingerprint density at radius 2 is 2.18 bits per heavy atom. The molecule has 2 aliphatic rings. The maximum Gasteiger partial charge on any atom is 0.310 e. The van der Waals surface area contributed by atoms with Crippen LogP contribution in [0.5, 0.6) is 11.5 Å². The zero-order chi connectivity index (χ0) is 24.4. The van der Waals surface area contributed by atoms with Gasteiger partial charge in [0.2, 0.25) is 5.78 Å². The van der Waals surface area contributed by atoms with Gasteiger partial charge in [-0.1, -0.05) is 12.1 Å². The SMILES string of the molecule is CCOC(=O)C1CCCN(Cc2c(O)cc(C)c3c2O/C(=C\c2cccc([N+](=O)[O-])c2)C3=O)C1. The smallest absolute Gasteiger partial charge is 0.310 e. The minimum Gasteiger partial charge on any atom is -0.507 e. The fraction of sp³-hybridized carbons (Fsp3) is 0.360. The van der Waals surface area contributed by atoms with Gasteiger partial charge in [-0.25, -0.2) is 0 Å². The number of Topliss-reactive ketones (excluding diaryl/α,β-unsaturated/α-hetero) is 1. The number of esters is 1. The highest BCUT2D eigenvalue weighted by atomic mass is 16.6. The van der Waals surface area contributed by atoms with Gasteiger partial charge < -0.3 is 14.6 Å². The Labute approximate surface area is 196 Å². The number of phenolic OH excluding ortho intramolecular Hbond substituents is 1. The number of allylic oxidation sites excluding steroid dienone is 1. The standard InChI is InChI=1S/C25H26N2O7/c1-3-33-25(30)17-7-5-9-26(13-17)14-19-20(28)10-15(2)22-23(29)21(34-24(19)22)12-16-6-4-8-18(11-16)27(31)32/h4,6,8,10-12,17,28H,3,5,7,9,13-14H2,1-2H3/b21-12-. The monoisotopic (exact) mass is 466 g/mol. The fourth-order valence-corrected chi connectivity index (χ4v) is 4.49. The number of rotatable bonds is 6. The van der Waals surface area contributed by atoms with E-state index in [1.54, 1.807) is 26.0 Å². The molecular formula is C25H26N2O7. The maximum atomic E-state index is 13.1. The summed E-state index contributed by atoms with van der Waals surface area (Å²) >= 11 is 0. The summed E-state index contributed by atoms with van der Waals surface area (Å²) in [5, 5.41) is 21.8. The number of likely N-dealkylation sites (tertiary alicyclic amines) is 1. The predicted molar refractivity (Wildman–Crippen MR) is 124 cm³/mol. The van der Waals surface area contributed by atoms with Gasteiger partial charge in [0.1, 0.15) is 11.5 Å². The minimum absolute atomic E-state index is 0.0129. The van der Waals surface area contributed by atoms with Crippen molar-refractivity contribution < 1.29 is 29.1 Å². The van der Waals surface area contributed by atoms with Crippen molar-refractivity contribution in [2.24, 2.45) is 5.92 Å². The number of nitro benzene ring substituents is 1. The third-order valence-corrected chi connectivity index (χ3v) is 6.11. The average Bonchev–Trinajstić information content (AvgIpc) is 3.13. The Kier molecular flexibility index (Phi) is 6.65. The van der Waals surface area contributed by atoms with E-state index in [4.69, 9.17) is 9.47 Å². The van der Waals surface area contributed by atoms with Crippen LogP contribution in [-0.4, -0.2) is 46.4 Å². The molecule has 2 aliphatic heterocycles. The number of phenols is 1. The van der Waals surface area contributed by atoms with Crippen molar-refractivity contribution in [1.82, 2.24) is 4.90 Å². The molecule has 178 valence electrons. The van der Waals surface area contributed by atoms with Gasteiger partial charge >= 0.3 is 5.97 Å². The van der Waals surface area contributed by atoms with Gasteiger partial charge in [0.25, 0.3) is 5.69 Å². The summed E-state index contributed by atoms with van der Waals surface area (Å²) in [6.07, 6.45) is 3.03. The number of ketones is 1. The van der Waals surface area contributed by atoms with Crippen LogP contribution in [-0.2, 0) is 16.1 Å². The number of aryl methyl sites for hydroxylation is 1. The number of non-ortho nitro benzene ring substituents is 1. The maximum absolute atomic E-state index is 13.1. The molecule has 2 aromatic rings. The van der Waals surface area contributed by atoms with Crippen LogP contribution in [0.1, 0.15) is 46.8 Å². The quantitative estimate of drug-likeness (QED) is 0.294. The van der Waals surface area contributed by atoms with Crippen molar-refractivity contribution in [3.8, 4) is 11.5 Å². The van der Waals surface area contributed by atoms with E-state index in [0.717, 1.165) is 19.4 Å². The van der Waals surface area contributed by atoms with Crippen molar-refractivity contribution >= 4 is 23.5 Å². The first-order valence-electron chi connectivity index (χ1n) is 11.2. The summed E-state index contributed by atoms with van der Waals surface area (Å²) in [4.78, 5) is 37.9. The lowest BCUT2D eigenvalue weighted by molar-refractivity contribution is -0.384. The molecule has 9 heteroatoms. The van der Waals surface area contributed by atoms with E-state index in [9.17, 15) is 24.8 Å². The molecule has 1 unspecified atom stereocenters. The molecule has 0 aromatic heterocycles. The summed E-state index contributed by atoms with van der Waals surface area (Å²) < 4.78 is 11.1. The second-order valence-corrected chi connectivity index (χ2v) is 8.51. The third-order valence-electron chi connectivity index (χ3n) is 6.11. The van der Waals surface area contributed by atoms with Crippen LogP contribution >= 0.6 is 0 Å². The zero-order valence-corrected chi connectivity index (χ0v) is 19.1. The second kappa shape index (κ2) is 9.64. The largest absolute Gasteiger partial charge is 0.507 e. The Morgan fingerprint density at radius 1 is 1.38 bits per heavy atom. The van der Waals surface area contributed by atoms with Gasteiger partial charge in [-0.05, 0) is 56.5 Å². The van der Waals surface area contributed by atoms with Crippen LogP contribution in [0.4, 0.5) is 5.69 Å². The van der Waals surface area contributed by atoms with Gasteiger partial charge in [-0.3, -0.25) is 24.6 Å². The predicted octanol–water partition coefficient (Wildman–Crippen LogP) is 4.00. The zero-order valence-electron chi connectivity index (χ0n) is 19.1. The number of nitro groups is 1. The molecular weight excluding hydrogens is 440 g/mol. The first kappa shape index (κ1) is 23.4. The molecule has 1 fully saturated rings. The molecule has 0 saturated carbocycles. The van der Waals surface area contributed by atoms with Crippen LogP contribution in [0.25, 0.3) is 6.08 Å². The van der Waals surface area contributed by atoms with E-state index < -0.39 is 4.92 Å². The van der Waals surface area contributed by atoms with E-state index >= 15 is 0 Å². The number of hydrogen-bond acceptors (Lipinski definition) is 8. The van der Waals surface area contributed by atoms with Crippen molar-refractivity contribution in [2.45, 2.75) is 33.2 Å². The number of ether oxygens (including phenoxy) is 2. The Morgan fingerprint density at radius 3 is 2.91 bits per heavy atom. The summed E-state index contributed by atoms with van der Waals surface area (Å²) in [6.45, 7) is 5.36. The molecule has 1 saturated heterocycles. The topological polar surface area (TPSA) is 119 Å². The molecule has 0 amide bonds. The second-order valence-electron chi connectivity index (χ2n) is 8.51. The summed E-state index contributed by atoms with van der Waals surface area (Å²) in [6, 6.07) is 7.46. The molecule has 34 heavy (non-hydrogen) atoms. The third kappa shape index (κ3) is 4.65. The van der Waals surface area contributed by atoms with E-state index in [1.165, 1.54) is 24.3 Å². The van der Waals surface area contributed by atoms with Crippen molar-refractivity contribution in [2.75, 3.05) is 19.7 Å². The van der Waals surface area contributed by atoms with Gasteiger partial charge in [-0.2, -0.15) is 0 Å². The number of fused-ring (bicyclic) bond motifs is 1. The highest BCUT2D eigenvalue weighted by molar-refractivity contribution is 6.15. The van der Waals surface area contributed by atoms with Crippen LogP contribution in [0, 0.1) is 23.0 Å². The highest BCUT2D eigenvalue weighted by Crippen LogP contribution is 2.42. The minimum atomic E-state index is -0.503. The Bertz CT molecular complexity index is 1190. The van der Waals surface area contributed by atoms with Crippen LogP contribution in [0.15, 0.2) is 36.1 Å². The van der Waals surface area contributed by atoms with Gasteiger partial charge in [0, 0.05) is 25.2 Å². The molecule has 1 atom stereocenters. The first-order chi connectivity index (χ1) is 16.3. The van der Waals surface area contributed by atoms with Crippen molar-refractivity contribution in [3.63, 3.8) is 0 Å². The van der Waals surface area contributed by atoms with Crippen LogP contribution < -0.4 is 4.74 Å². The van der Waals surface area contributed by atoms with Crippen molar-refractivity contribution in [3.05, 3.63) is 68.5 Å². The Balaban J connectivity index is 1.62. The van der Waals surface area contributed by atoms with Gasteiger partial charge in [0.15, 0.2) is 5.76 Å². The molecule has 0 bridgehead atoms. The van der Waals surface area contributed by atoms with Crippen LogP contribution in [0.3, 0.4) is 0 Å². The summed E-state index contributed by atoms with van der Waals surface area (Å²) in [5.41, 5.74) is 1.78. The molecule has 0 radical (unpaired) electrons. The van der Waals surface area contributed by atoms with Crippen molar-refractivity contribution in [1.29, 1.82) is 0 Å². The molecule has 9 nitrogen and oxygen atoms in total. The number of benzene rings is 2. The molecule has 2 heterocycles. The van der Waals surface area contributed by atoms with Gasteiger partial charge in [-0.15, -0.1) is 0 Å². The number of carbonyl (C=O) groups is 2. The summed E-state index contributed by atoms with van der Waals surface area (Å²) in [7, 11) is 0. The van der Waals surface area contributed by atoms with E-state index in [-0.39, 0.29) is 40.6 Å². The molecule has 2 aromatic carbocycles. The Hall–Kier alpha value is -3.72. The van der Waals surface area contributed by atoms with E-state index in [1.807, 2.05) is 4.90 Å². The summed E-state index contributed by atoms with van der Waals surface area (Å²) in [5.74, 6) is -0.464. The van der Waals surface area contributed by atoms with Gasteiger partial charge in [0.05, 0.1) is 28.6 Å². The number of hydrogen-bond donors (Lipinski definition) is 1. The average molecular weight is 466 g/mol. The fourth-order valence-electron chi connectivity index (χ4n) is 4.49. The lowest BCUT2D eigenvalue weighted by Gasteiger charge is -2.31. The number of piperidine rings is 1. The first-order valence-corrected chi connectivity index (χ1v) is 11.2. The molecule has 0 aliphatic carbocycles. The lowest BCUT2D eigenvalue weighted by atomic mass is 9.96. The van der Waals surface area contributed by atoms with Crippen LogP contribution in [0.2, 0.25) is 0 Å². The van der Waals surface area contributed by atoms with E-state index in [0.29, 0.717) is 42.0 Å².